The summed E-state index contributed by atoms with van der Waals surface area (Å²) in [5.41, 5.74) is 2.11. The van der Waals surface area contributed by atoms with E-state index >= 15 is 0 Å². The molecule has 0 bridgehead atoms. The van der Waals surface area contributed by atoms with E-state index in [1.54, 1.807) is 0 Å². The Morgan fingerprint density at radius 1 is 1.35 bits per heavy atom. The molecule has 0 aliphatic heterocycles. The number of ether oxygens (including phenoxy) is 1. The van der Waals surface area contributed by atoms with Crippen LogP contribution in [0.5, 0.6) is 5.75 Å². The molecule has 0 fully saturated rings. The average molecular weight is 235 g/mol. The van der Waals surface area contributed by atoms with Gasteiger partial charge < -0.3 is 10.1 Å². The second-order valence-electron chi connectivity index (χ2n) is 4.39. The lowest BCUT2D eigenvalue weighted by Crippen LogP contribution is -2.35. The number of hydrogen-bond acceptors (Lipinski definition) is 2. The summed E-state index contributed by atoms with van der Waals surface area (Å²) < 4.78 is 5.56. The summed E-state index contributed by atoms with van der Waals surface area (Å²) in [6, 6.07) is 6.14. The molecule has 1 N–H and O–H groups in total. The van der Waals surface area contributed by atoms with E-state index < -0.39 is 0 Å². The fourth-order valence-electron chi connectivity index (χ4n) is 1.58. The molecule has 0 radical (unpaired) electrons. The Morgan fingerprint density at radius 3 is 2.47 bits per heavy atom. The van der Waals surface area contributed by atoms with Crippen molar-refractivity contribution in [3.05, 3.63) is 29.3 Å². The number of carbonyl (C=O) groups excluding carboxylic acids is 1. The van der Waals surface area contributed by atoms with E-state index in [0.717, 1.165) is 23.3 Å². The van der Waals surface area contributed by atoms with E-state index in [9.17, 15) is 4.79 Å². The molecule has 0 aliphatic carbocycles. The molecule has 1 aromatic rings. The van der Waals surface area contributed by atoms with Crippen LogP contribution in [0.4, 0.5) is 0 Å². The van der Waals surface area contributed by atoms with Crippen molar-refractivity contribution < 1.29 is 9.53 Å². The number of rotatable bonds is 5. The summed E-state index contributed by atoms with van der Waals surface area (Å²) in [4.78, 5) is 11.6. The molecular formula is C14H21NO2. The molecule has 0 saturated carbocycles. The molecule has 1 amide bonds. The quantitative estimate of drug-likeness (QED) is 0.852. The van der Waals surface area contributed by atoms with Gasteiger partial charge in [0.15, 0.2) is 6.61 Å². The molecule has 0 aliphatic rings. The fourth-order valence-corrected chi connectivity index (χ4v) is 1.58. The molecule has 1 aromatic carbocycles. The van der Waals surface area contributed by atoms with Crippen molar-refractivity contribution in [1.29, 1.82) is 0 Å². The van der Waals surface area contributed by atoms with Gasteiger partial charge in [-0.25, -0.2) is 0 Å². The summed E-state index contributed by atoms with van der Waals surface area (Å²) in [5, 5.41) is 2.87. The van der Waals surface area contributed by atoms with Crippen LogP contribution >= 0.6 is 0 Å². The Bertz CT molecular complexity index is 368. The summed E-state index contributed by atoms with van der Waals surface area (Å²) >= 11 is 0. The zero-order valence-corrected chi connectivity index (χ0v) is 11.0. The largest absolute Gasteiger partial charge is 0.483 e. The molecule has 0 saturated heterocycles. The Balaban J connectivity index is 2.53. The van der Waals surface area contributed by atoms with Crippen LogP contribution in [0.3, 0.4) is 0 Å². The molecule has 17 heavy (non-hydrogen) atoms. The van der Waals surface area contributed by atoms with Gasteiger partial charge in [0, 0.05) is 6.04 Å². The van der Waals surface area contributed by atoms with Gasteiger partial charge in [-0.05, 0) is 38.3 Å². The zero-order chi connectivity index (χ0) is 12.8. The van der Waals surface area contributed by atoms with Crippen LogP contribution in [0, 0.1) is 13.8 Å². The first-order chi connectivity index (χ1) is 8.04. The maximum absolute atomic E-state index is 11.6. The number of amides is 1. The molecule has 0 aromatic heterocycles. The summed E-state index contributed by atoms with van der Waals surface area (Å²) in [6.45, 7) is 8.06. The third-order valence-electron chi connectivity index (χ3n) is 2.78. The molecule has 3 nitrogen and oxygen atoms in total. The number of para-hydroxylation sites is 1. The van der Waals surface area contributed by atoms with Crippen LogP contribution < -0.4 is 10.1 Å². The molecule has 3 heteroatoms. The molecule has 0 spiro atoms. The highest BCUT2D eigenvalue weighted by Crippen LogP contribution is 2.21. The lowest BCUT2D eigenvalue weighted by molar-refractivity contribution is -0.123. The Morgan fingerprint density at radius 2 is 1.94 bits per heavy atom. The van der Waals surface area contributed by atoms with Crippen LogP contribution in [-0.4, -0.2) is 18.6 Å². The van der Waals surface area contributed by atoms with Crippen molar-refractivity contribution in [2.75, 3.05) is 6.61 Å². The predicted octanol–water partition coefficient (Wildman–Crippen LogP) is 2.60. The van der Waals surface area contributed by atoms with Gasteiger partial charge in [-0.2, -0.15) is 0 Å². The summed E-state index contributed by atoms with van der Waals surface area (Å²) in [7, 11) is 0. The highest BCUT2D eigenvalue weighted by molar-refractivity contribution is 5.77. The Kier molecular flexibility index (Phi) is 5.01. The van der Waals surface area contributed by atoms with Crippen LogP contribution in [0.2, 0.25) is 0 Å². The first-order valence-corrected chi connectivity index (χ1v) is 6.03. The molecule has 1 rings (SSSR count). The van der Waals surface area contributed by atoms with E-state index in [4.69, 9.17) is 4.74 Å². The van der Waals surface area contributed by atoms with Gasteiger partial charge in [0.05, 0.1) is 0 Å². The average Bonchev–Trinajstić information content (AvgIpc) is 2.28. The fraction of sp³-hybridized carbons (Fsp3) is 0.500. The van der Waals surface area contributed by atoms with Gasteiger partial charge in [0.1, 0.15) is 5.75 Å². The highest BCUT2D eigenvalue weighted by Gasteiger charge is 2.08. The van der Waals surface area contributed by atoms with Gasteiger partial charge in [-0.1, -0.05) is 25.1 Å². The van der Waals surface area contributed by atoms with E-state index in [-0.39, 0.29) is 18.6 Å². The van der Waals surface area contributed by atoms with Crippen LogP contribution in [0.15, 0.2) is 18.2 Å². The number of benzene rings is 1. The minimum Gasteiger partial charge on any atom is -0.483 e. The molecule has 94 valence electrons. The monoisotopic (exact) mass is 235 g/mol. The van der Waals surface area contributed by atoms with E-state index in [2.05, 4.69) is 5.32 Å². The van der Waals surface area contributed by atoms with Crippen LogP contribution in [0.1, 0.15) is 31.4 Å². The highest BCUT2D eigenvalue weighted by atomic mass is 16.5. The minimum absolute atomic E-state index is 0.0676. The number of carbonyl (C=O) groups is 1. The zero-order valence-electron chi connectivity index (χ0n) is 11.0. The molecular weight excluding hydrogens is 214 g/mol. The SMILES string of the molecule is CCC(C)NC(=O)COc1c(C)cccc1C. The Labute approximate surface area is 103 Å². The van der Waals surface area contributed by atoms with Gasteiger partial charge in [-0.3, -0.25) is 4.79 Å². The van der Waals surface area contributed by atoms with Gasteiger partial charge >= 0.3 is 0 Å². The van der Waals surface area contributed by atoms with Gasteiger partial charge in [-0.15, -0.1) is 0 Å². The van der Waals surface area contributed by atoms with Crippen molar-refractivity contribution in [2.24, 2.45) is 0 Å². The van der Waals surface area contributed by atoms with Gasteiger partial charge in [0.2, 0.25) is 0 Å². The van der Waals surface area contributed by atoms with Crippen LogP contribution in [0.25, 0.3) is 0 Å². The lowest BCUT2D eigenvalue weighted by atomic mass is 10.1. The van der Waals surface area contributed by atoms with E-state index in [1.165, 1.54) is 0 Å². The predicted molar refractivity (Wildman–Crippen MR) is 69.3 cm³/mol. The Hall–Kier alpha value is -1.51. The minimum atomic E-state index is -0.0676. The summed E-state index contributed by atoms with van der Waals surface area (Å²) in [5.74, 6) is 0.744. The standard InChI is InChI=1S/C14H21NO2/c1-5-12(4)15-13(16)9-17-14-10(2)7-6-8-11(14)3/h6-8,12H,5,9H2,1-4H3,(H,15,16). The van der Waals surface area contributed by atoms with Crippen molar-refractivity contribution in [2.45, 2.75) is 40.2 Å². The molecule has 0 heterocycles. The third kappa shape index (κ3) is 4.10. The number of nitrogens with one attached hydrogen (secondary N) is 1. The first-order valence-electron chi connectivity index (χ1n) is 6.03. The van der Waals surface area contributed by atoms with E-state index in [1.807, 2.05) is 45.9 Å². The topological polar surface area (TPSA) is 38.3 Å². The second-order valence-corrected chi connectivity index (χ2v) is 4.39. The maximum Gasteiger partial charge on any atom is 0.258 e. The van der Waals surface area contributed by atoms with Crippen LogP contribution in [-0.2, 0) is 4.79 Å². The third-order valence-corrected chi connectivity index (χ3v) is 2.78. The number of aryl methyl sites for hydroxylation is 2. The lowest BCUT2D eigenvalue weighted by Gasteiger charge is -2.14. The van der Waals surface area contributed by atoms with Crippen molar-refractivity contribution in [3.63, 3.8) is 0 Å². The maximum atomic E-state index is 11.6. The van der Waals surface area contributed by atoms with Crippen molar-refractivity contribution in [3.8, 4) is 5.75 Å². The first kappa shape index (κ1) is 13.6. The van der Waals surface area contributed by atoms with Crippen molar-refractivity contribution in [1.82, 2.24) is 5.32 Å². The van der Waals surface area contributed by atoms with Crippen molar-refractivity contribution >= 4 is 5.91 Å². The smallest absolute Gasteiger partial charge is 0.258 e. The normalized spacial score (nSPS) is 12.0. The molecule has 1 unspecified atom stereocenters. The molecule has 1 atom stereocenters. The van der Waals surface area contributed by atoms with E-state index in [0.29, 0.717) is 0 Å². The number of hydrogen-bond donors (Lipinski definition) is 1. The second kappa shape index (κ2) is 6.28. The van der Waals surface area contributed by atoms with Gasteiger partial charge in [0.25, 0.3) is 5.91 Å². The summed E-state index contributed by atoms with van der Waals surface area (Å²) in [6.07, 6.45) is 0.926.